The molecule has 0 spiro atoms. The van der Waals surface area contributed by atoms with Crippen molar-refractivity contribution in [2.75, 3.05) is 0 Å². The van der Waals surface area contributed by atoms with E-state index in [2.05, 4.69) is 19.9 Å². The second-order valence-corrected chi connectivity index (χ2v) is 9.29. The van der Waals surface area contributed by atoms with Gasteiger partial charge in [-0.05, 0) is 56.8 Å². The summed E-state index contributed by atoms with van der Waals surface area (Å²) in [5, 5.41) is 0. The van der Waals surface area contributed by atoms with E-state index in [1.807, 2.05) is 0 Å². The van der Waals surface area contributed by atoms with Gasteiger partial charge in [0.05, 0.1) is 0 Å². The Kier molecular flexibility index (Phi) is 6.31. The minimum Gasteiger partial charge on any atom is -0.462 e. The van der Waals surface area contributed by atoms with Gasteiger partial charge in [-0.15, -0.1) is 0 Å². The maximum Gasteiger partial charge on any atom is 0.302 e. The average molecular weight is 391 g/mol. The van der Waals surface area contributed by atoms with E-state index in [-0.39, 0.29) is 35.3 Å². The van der Waals surface area contributed by atoms with Crippen LogP contribution in [0.15, 0.2) is 11.6 Å². The summed E-state index contributed by atoms with van der Waals surface area (Å²) in [7, 11) is 0. The minimum absolute atomic E-state index is 0.000287. The molecule has 0 N–H and O–H groups in total. The van der Waals surface area contributed by atoms with Crippen molar-refractivity contribution in [3.63, 3.8) is 0 Å². The van der Waals surface area contributed by atoms with Crippen molar-refractivity contribution in [1.82, 2.24) is 0 Å². The predicted molar refractivity (Wildman–Crippen MR) is 105 cm³/mol. The number of hydrogen-bond donors (Lipinski definition) is 0. The van der Waals surface area contributed by atoms with Crippen LogP contribution >= 0.6 is 0 Å². The zero-order valence-electron chi connectivity index (χ0n) is 17.7. The topological polar surface area (TPSA) is 69.7 Å². The van der Waals surface area contributed by atoms with Crippen LogP contribution in [0.25, 0.3) is 0 Å². The molecule has 3 aliphatic rings. The molecule has 0 radical (unpaired) electrons. The van der Waals surface area contributed by atoms with Crippen LogP contribution in [0.2, 0.25) is 0 Å². The van der Waals surface area contributed by atoms with E-state index in [9.17, 15) is 14.4 Å². The van der Waals surface area contributed by atoms with Crippen LogP contribution in [-0.2, 0) is 23.9 Å². The first-order chi connectivity index (χ1) is 13.2. The summed E-state index contributed by atoms with van der Waals surface area (Å²) in [6.45, 7) is 7.37. The Balaban J connectivity index is 1.82. The molecule has 28 heavy (non-hydrogen) atoms. The van der Waals surface area contributed by atoms with Gasteiger partial charge in [-0.2, -0.15) is 0 Å². The highest BCUT2D eigenvalue weighted by atomic mass is 16.5. The number of ether oxygens (including phenoxy) is 2. The largest absolute Gasteiger partial charge is 0.462 e. The van der Waals surface area contributed by atoms with Gasteiger partial charge in [-0.3, -0.25) is 14.4 Å². The first-order valence-electron chi connectivity index (χ1n) is 10.7. The molecule has 5 nitrogen and oxygen atoms in total. The monoisotopic (exact) mass is 390 g/mol. The standard InChI is InChI=1S/C23H34O5/c1-14-5-7-18(27-15(2)24)13-17(26)6-8-20-19(14)11-12-23(4)21(20)9-10-22(23)28-16(3)25/h5,18-22H,6-13H2,1-4H3/b14-5+/t18-,19+,20+,21?,22-,23-/m0/s1. The molecule has 3 rings (SSSR count). The number of ketones is 1. The van der Waals surface area contributed by atoms with Gasteiger partial charge in [-0.1, -0.05) is 18.6 Å². The fourth-order valence-electron chi connectivity index (χ4n) is 6.16. The Morgan fingerprint density at radius 2 is 1.79 bits per heavy atom. The van der Waals surface area contributed by atoms with Crippen LogP contribution in [-0.4, -0.2) is 29.9 Å². The molecule has 6 atom stereocenters. The highest BCUT2D eigenvalue weighted by molar-refractivity contribution is 5.79. The lowest BCUT2D eigenvalue weighted by molar-refractivity contribution is -0.155. The van der Waals surface area contributed by atoms with Crippen LogP contribution in [0.5, 0.6) is 0 Å². The highest BCUT2D eigenvalue weighted by Gasteiger charge is 2.55. The van der Waals surface area contributed by atoms with Gasteiger partial charge in [0.1, 0.15) is 18.0 Å². The predicted octanol–water partition coefficient (Wildman–Crippen LogP) is 4.38. The van der Waals surface area contributed by atoms with Gasteiger partial charge in [0.15, 0.2) is 0 Å². The summed E-state index contributed by atoms with van der Waals surface area (Å²) >= 11 is 0. The van der Waals surface area contributed by atoms with E-state index < -0.39 is 0 Å². The molecule has 1 unspecified atom stereocenters. The van der Waals surface area contributed by atoms with E-state index in [0.29, 0.717) is 37.0 Å². The molecule has 2 saturated carbocycles. The van der Waals surface area contributed by atoms with Crippen LogP contribution < -0.4 is 0 Å². The number of rotatable bonds is 2. The molecule has 5 heteroatoms. The molecule has 0 amide bonds. The maximum absolute atomic E-state index is 12.5. The molecule has 0 aliphatic heterocycles. The third-order valence-corrected chi connectivity index (χ3v) is 7.49. The summed E-state index contributed by atoms with van der Waals surface area (Å²) in [6.07, 6.45) is 8.26. The van der Waals surface area contributed by atoms with Crippen molar-refractivity contribution < 1.29 is 23.9 Å². The third kappa shape index (κ3) is 4.33. The fourth-order valence-corrected chi connectivity index (χ4v) is 6.16. The molecule has 0 bridgehead atoms. The molecular formula is C23H34O5. The normalized spacial score (nSPS) is 40.5. The molecule has 0 aromatic carbocycles. The number of hydrogen-bond acceptors (Lipinski definition) is 5. The lowest BCUT2D eigenvalue weighted by Crippen LogP contribution is -2.45. The fraction of sp³-hybridized carbons (Fsp3) is 0.783. The molecule has 0 heterocycles. The van der Waals surface area contributed by atoms with E-state index in [4.69, 9.17) is 9.47 Å². The Hall–Kier alpha value is -1.65. The second kappa shape index (κ2) is 8.38. The van der Waals surface area contributed by atoms with Gasteiger partial charge < -0.3 is 9.47 Å². The van der Waals surface area contributed by atoms with E-state index in [1.165, 1.54) is 19.4 Å². The first-order valence-corrected chi connectivity index (χ1v) is 10.7. The van der Waals surface area contributed by atoms with E-state index in [1.54, 1.807) is 0 Å². The molecule has 0 saturated heterocycles. The van der Waals surface area contributed by atoms with Gasteiger partial charge in [-0.25, -0.2) is 0 Å². The first kappa shape index (κ1) is 21.1. The number of Topliss-reactive ketones (excluding diaryl/α,β-unsaturated/α-hetero) is 1. The van der Waals surface area contributed by atoms with Crippen molar-refractivity contribution in [2.24, 2.45) is 23.2 Å². The SMILES string of the molecule is CC(=O)O[C@H]1C/C=C(\C)[C@H]2CC[C@@]3(C)C(CC[C@@H]3OC(C)=O)[C@@H]2CCC(=O)C1. The Morgan fingerprint density at radius 3 is 2.46 bits per heavy atom. The third-order valence-electron chi connectivity index (χ3n) is 7.49. The Morgan fingerprint density at radius 1 is 1.07 bits per heavy atom. The van der Waals surface area contributed by atoms with Crippen LogP contribution in [0, 0.1) is 23.2 Å². The number of carbonyl (C=O) groups is 3. The molecule has 0 aromatic heterocycles. The summed E-state index contributed by atoms with van der Waals surface area (Å²) in [5.41, 5.74) is 1.37. The van der Waals surface area contributed by atoms with Crippen molar-refractivity contribution in [3.05, 3.63) is 11.6 Å². The van der Waals surface area contributed by atoms with Gasteiger partial charge in [0, 0.05) is 38.5 Å². The summed E-state index contributed by atoms with van der Waals surface area (Å²) in [6, 6.07) is 0. The summed E-state index contributed by atoms with van der Waals surface area (Å²) in [5.74, 6) is 1.05. The second-order valence-electron chi connectivity index (χ2n) is 9.29. The van der Waals surface area contributed by atoms with Crippen molar-refractivity contribution in [1.29, 1.82) is 0 Å². The Bertz CT molecular complexity index is 666. The quantitative estimate of drug-likeness (QED) is 0.517. The van der Waals surface area contributed by atoms with Crippen LogP contribution in [0.1, 0.15) is 79.1 Å². The smallest absolute Gasteiger partial charge is 0.302 e. The molecule has 156 valence electrons. The van der Waals surface area contributed by atoms with Crippen LogP contribution in [0.4, 0.5) is 0 Å². The minimum atomic E-state index is -0.342. The number of esters is 2. The van der Waals surface area contributed by atoms with Gasteiger partial charge >= 0.3 is 11.9 Å². The zero-order chi connectivity index (χ0) is 20.5. The Labute approximate surface area is 168 Å². The lowest BCUT2D eigenvalue weighted by atomic mass is 9.57. The van der Waals surface area contributed by atoms with Gasteiger partial charge in [0.2, 0.25) is 0 Å². The lowest BCUT2D eigenvalue weighted by Gasteiger charge is -2.49. The highest BCUT2D eigenvalue weighted by Crippen LogP contribution is 2.59. The number of carbonyl (C=O) groups excluding carboxylic acids is 3. The molecule has 3 aliphatic carbocycles. The number of allylic oxidation sites excluding steroid dienone is 1. The maximum atomic E-state index is 12.5. The number of fused-ring (bicyclic) bond motifs is 3. The van der Waals surface area contributed by atoms with Crippen molar-refractivity contribution >= 4 is 17.7 Å². The van der Waals surface area contributed by atoms with Crippen LogP contribution in [0.3, 0.4) is 0 Å². The zero-order valence-corrected chi connectivity index (χ0v) is 17.7. The summed E-state index contributed by atoms with van der Waals surface area (Å²) in [4.78, 5) is 35.5. The molecule has 0 aromatic rings. The molecular weight excluding hydrogens is 356 g/mol. The van der Waals surface area contributed by atoms with Crippen molar-refractivity contribution in [3.8, 4) is 0 Å². The summed E-state index contributed by atoms with van der Waals surface area (Å²) < 4.78 is 11.1. The van der Waals surface area contributed by atoms with E-state index >= 15 is 0 Å². The average Bonchev–Trinajstić information content (AvgIpc) is 2.92. The van der Waals surface area contributed by atoms with E-state index in [0.717, 1.165) is 32.1 Å². The molecule has 2 fully saturated rings. The van der Waals surface area contributed by atoms with Gasteiger partial charge in [0.25, 0.3) is 0 Å². The van der Waals surface area contributed by atoms with Crippen molar-refractivity contribution in [2.45, 2.75) is 91.3 Å².